The zero-order valence-electron chi connectivity index (χ0n) is 12.8. The van der Waals surface area contributed by atoms with Crippen molar-refractivity contribution in [3.8, 4) is 0 Å². The van der Waals surface area contributed by atoms with E-state index >= 15 is 0 Å². The van der Waals surface area contributed by atoms with Crippen molar-refractivity contribution in [1.29, 1.82) is 0 Å². The zero-order valence-corrected chi connectivity index (χ0v) is 12.8. The molecule has 21 heavy (non-hydrogen) atoms. The van der Waals surface area contributed by atoms with Gasteiger partial charge in [0.1, 0.15) is 11.6 Å². The van der Waals surface area contributed by atoms with Gasteiger partial charge in [0.15, 0.2) is 0 Å². The molecule has 0 bridgehead atoms. The number of hydrogen-bond acceptors (Lipinski definition) is 4. The Hall–Kier alpha value is -1.79. The number of carbonyl (C=O) groups is 3. The van der Waals surface area contributed by atoms with Crippen molar-refractivity contribution in [3.05, 3.63) is 0 Å². The molecule has 1 fully saturated rings. The molecule has 1 atom stereocenters. The summed E-state index contributed by atoms with van der Waals surface area (Å²) in [6, 6.07) is -1.49. The summed E-state index contributed by atoms with van der Waals surface area (Å²) in [6.07, 6.45) is 3.37. The maximum absolute atomic E-state index is 11.9. The Kier molecular flexibility index (Phi) is 5.99. The molecule has 2 amide bonds. The lowest BCUT2D eigenvalue weighted by Crippen LogP contribution is -2.60. The van der Waals surface area contributed by atoms with Crippen molar-refractivity contribution in [2.24, 2.45) is 5.92 Å². The summed E-state index contributed by atoms with van der Waals surface area (Å²) in [5.74, 6) is -1.10. The van der Waals surface area contributed by atoms with E-state index in [9.17, 15) is 19.5 Å². The number of carboxylic acid groups (broad SMARTS) is 1. The van der Waals surface area contributed by atoms with Gasteiger partial charge in [-0.3, -0.25) is 0 Å². The third-order valence-corrected chi connectivity index (χ3v) is 4.20. The molecule has 1 saturated carbocycles. The Bertz CT molecular complexity index is 402. The lowest BCUT2D eigenvalue weighted by Gasteiger charge is -2.37. The van der Waals surface area contributed by atoms with Crippen molar-refractivity contribution in [1.82, 2.24) is 10.6 Å². The van der Waals surface area contributed by atoms with E-state index in [1.807, 2.05) is 0 Å². The van der Waals surface area contributed by atoms with Crippen molar-refractivity contribution in [2.75, 3.05) is 7.11 Å². The Morgan fingerprint density at radius 1 is 1.33 bits per heavy atom. The number of carbonyl (C=O) groups excluding carboxylic acids is 2. The molecule has 0 heterocycles. The molecule has 0 aromatic heterocycles. The Morgan fingerprint density at radius 3 is 2.33 bits per heavy atom. The van der Waals surface area contributed by atoms with Gasteiger partial charge in [-0.1, -0.05) is 13.3 Å². The van der Waals surface area contributed by atoms with Crippen LogP contribution in [0.15, 0.2) is 0 Å². The van der Waals surface area contributed by atoms with Gasteiger partial charge >= 0.3 is 18.0 Å². The van der Waals surface area contributed by atoms with Crippen LogP contribution in [-0.2, 0) is 14.3 Å². The van der Waals surface area contributed by atoms with E-state index in [-0.39, 0.29) is 0 Å². The van der Waals surface area contributed by atoms with Gasteiger partial charge in [-0.2, -0.15) is 0 Å². The first-order valence-corrected chi connectivity index (χ1v) is 7.24. The summed E-state index contributed by atoms with van der Waals surface area (Å²) in [4.78, 5) is 34.7. The SMILES string of the molecule is CCC1CCC(NC(=O)NC(C)C(=O)OC)(C(=O)O)CC1. The third-order valence-electron chi connectivity index (χ3n) is 4.20. The highest BCUT2D eigenvalue weighted by Gasteiger charge is 2.43. The van der Waals surface area contributed by atoms with Crippen LogP contribution in [0.5, 0.6) is 0 Å². The van der Waals surface area contributed by atoms with Crippen LogP contribution in [0.3, 0.4) is 0 Å². The molecule has 120 valence electrons. The standard InChI is InChI=1S/C14H24N2O5/c1-4-10-5-7-14(8-6-10,12(18)19)16-13(20)15-9(2)11(17)21-3/h9-10H,4-8H2,1-3H3,(H,18,19)(H2,15,16,20). The highest BCUT2D eigenvalue weighted by molar-refractivity contribution is 5.88. The van der Waals surface area contributed by atoms with Crippen LogP contribution >= 0.6 is 0 Å². The van der Waals surface area contributed by atoms with Crippen molar-refractivity contribution < 1.29 is 24.2 Å². The van der Waals surface area contributed by atoms with Gasteiger partial charge in [0.05, 0.1) is 7.11 Å². The molecule has 0 saturated heterocycles. The topological polar surface area (TPSA) is 105 Å². The number of amides is 2. The normalized spacial score (nSPS) is 26.5. The summed E-state index contributed by atoms with van der Waals surface area (Å²) in [5, 5.41) is 14.4. The van der Waals surface area contributed by atoms with E-state index < -0.39 is 29.6 Å². The number of carboxylic acids is 1. The average molecular weight is 300 g/mol. The van der Waals surface area contributed by atoms with E-state index in [1.165, 1.54) is 14.0 Å². The van der Waals surface area contributed by atoms with E-state index in [4.69, 9.17) is 0 Å². The lowest BCUT2D eigenvalue weighted by molar-refractivity contribution is -0.146. The van der Waals surface area contributed by atoms with Gasteiger partial charge < -0.3 is 20.5 Å². The molecule has 0 aromatic carbocycles. The first kappa shape index (κ1) is 17.3. The maximum Gasteiger partial charge on any atom is 0.329 e. The molecule has 1 rings (SSSR count). The van der Waals surface area contributed by atoms with Gasteiger partial charge in [-0.25, -0.2) is 14.4 Å². The van der Waals surface area contributed by atoms with Gasteiger partial charge in [-0.15, -0.1) is 0 Å². The van der Waals surface area contributed by atoms with Crippen LogP contribution in [0, 0.1) is 5.92 Å². The second-order valence-corrected chi connectivity index (χ2v) is 5.58. The number of nitrogens with one attached hydrogen (secondary N) is 2. The summed E-state index contributed by atoms with van der Waals surface area (Å²) < 4.78 is 4.51. The molecule has 1 aliphatic rings. The fourth-order valence-corrected chi connectivity index (χ4v) is 2.66. The Balaban J connectivity index is 2.65. The van der Waals surface area contributed by atoms with Crippen LogP contribution in [0.25, 0.3) is 0 Å². The molecule has 1 aliphatic carbocycles. The predicted octanol–water partition coefficient (Wildman–Crippen LogP) is 1.27. The van der Waals surface area contributed by atoms with E-state index in [1.54, 1.807) is 0 Å². The molecule has 0 aromatic rings. The van der Waals surface area contributed by atoms with E-state index in [2.05, 4.69) is 22.3 Å². The first-order chi connectivity index (χ1) is 9.84. The molecule has 0 aliphatic heterocycles. The molecule has 1 unspecified atom stereocenters. The van der Waals surface area contributed by atoms with Crippen LogP contribution in [0.2, 0.25) is 0 Å². The second kappa shape index (κ2) is 7.28. The smallest absolute Gasteiger partial charge is 0.329 e. The van der Waals surface area contributed by atoms with Crippen LogP contribution in [-0.4, -0.2) is 41.8 Å². The molecule has 3 N–H and O–H groups in total. The lowest BCUT2D eigenvalue weighted by atomic mass is 9.75. The van der Waals surface area contributed by atoms with Gasteiger partial charge in [0.2, 0.25) is 0 Å². The molecular formula is C14H24N2O5. The second-order valence-electron chi connectivity index (χ2n) is 5.58. The van der Waals surface area contributed by atoms with Crippen LogP contribution in [0.4, 0.5) is 4.79 Å². The largest absolute Gasteiger partial charge is 0.480 e. The highest BCUT2D eigenvalue weighted by Crippen LogP contribution is 2.33. The molecular weight excluding hydrogens is 276 g/mol. The molecule has 0 spiro atoms. The maximum atomic E-state index is 11.9. The summed E-state index contributed by atoms with van der Waals surface area (Å²) >= 11 is 0. The Morgan fingerprint density at radius 2 is 1.90 bits per heavy atom. The fourth-order valence-electron chi connectivity index (χ4n) is 2.66. The van der Waals surface area contributed by atoms with Crippen LogP contribution < -0.4 is 10.6 Å². The number of hydrogen-bond donors (Lipinski definition) is 3. The quantitative estimate of drug-likeness (QED) is 0.663. The molecule has 0 radical (unpaired) electrons. The number of esters is 1. The highest BCUT2D eigenvalue weighted by atomic mass is 16.5. The number of urea groups is 1. The van der Waals surface area contributed by atoms with E-state index in [0.29, 0.717) is 18.8 Å². The Labute approximate surface area is 124 Å². The third kappa shape index (κ3) is 4.34. The minimum absolute atomic E-state index is 0.404. The van der Waals surface area contributed by atoms with Crippen molar-refractivity contribution >= 4 is 18.0 Å². The summed E-state index contributed by atoms with van der Waals surface area (Å²) in [5.41, 5.74) is -1.24. The van der Waals surface area contributed by atoms with Gasteiger partial charge in [0.25, 0.3) is 0 Å². The molecule has 7 heteroatoms. The van der Waals surface area contributed by atoms with Crippen molar-refractivity contribution in [3.63, 3.8) is 0 Å². The minimum atomic E-state index is -1.24. The zero-order chi connectivity index (χ0) is 16.0. The summed E-state index contributed by atoms with van der Waals surface area (Å²) in [6.45, 7) is 3.56. The fraction of sp³-hybridized carbons (Fsp3) is 0.786. The first-order valence-electron chi connectivity index (χ1n) is 7.24. The number of aliphatic carboxylic acids is 1. The molecule has 7 nitrogen and oxygen atoms in total. The predicted molar refractivity (Wildman–Crippen MR) is 75.8 cm³/mol. The van der Waals surface area contributed by atoms with Gasteiger partial charge in [-0.05, 0) is 38.5 Å². The number of ether oxygens (including phenoxy) is 1. The van der Waals surface area contributed by atoms with Gasteiger partial charge in [0, 0.05) is 0 Å². The average Bonchev–Trinajstić information content (AvgIpc) is 2.46. The number of methoxy groups -OCH3 is 1. The van der Waals surface area contributed by atoms with Crippen LogP contribution in [0.1, 0.15) is 46.0 Å². The minimum Gasteiger partial charge on any atom is -0.480 e. The van der Waals surface area contributed by atoms with E-state index in [0.717, 1.165) is 19.3 Å². The van der Waals surface area contributed by atoms with Crippen molar-refractivity contribution in [2.45, 2.75) is 57.5 Å². The monoisotopic (exact) mass is 300 g/mol. The number of rotatable bonds is 5. The summed E-state index contributed by atoms with van der Waals surface area (Å²) in [7, 11) is 1.23.